The third-order valence-electron chi connectivity index (χ3n) is 2.90. The van der Waals surface area contributed by atoms with Crippen molar-refractivity contribution < 1.29 is 9.72 Å². The number of ketones is 1. The molecule has 0 aromatic heterocycles. The SMILES string of the molecule is O=C1CCC2CC1([N+](=O)[O-])C2. The van der Waals surface area contributed by atoms with E-state index >= 15 is 0 Å². The Morgan fingerprint density at radius 3 is 2.55 bits per heavy atom. The van der Waals surface area contributed by atoms with Crippen molar-refractivity contribution in [1.29, 1.82) is 0 Å². The zero-order valence-electron chi connectivity index (χ0n) is 6.08. The van der Waals surface area contributed by atoms with Crippen molar-refractivity contribution in [2.45, 2.75) is 31.2 Å². The largest absolute Gasteiger partial charge is 0.292 e. The van der Waals surface area contributed by atoms with Gasteiger partial charge < -0.3 is 0 Å². The molecule has 0 aromatic carbocycles. The Morgan fingerprint density at radius 2 is 2.18 bits per heavy atom. The fourth-order valence-electron chi connectivity index (χ4n) is 2.15. The summed E-state index contributed by atoms with van der Waals surface area (Å²) >= 11 is 0. The topological polar surface area (TPSA) is 60.2 Å². The van der Waals surface area contributed by atoms with E-state index in [0.29, 0.717) is 25.2 Å². The van der Waals surface area contributed by atoms with Gasteiger partial charge in [-0.2, -0.15) is 0 Å². The maximum atomic E-state index is 11.2. The zero-order valence-corrected chi connectivity index (χ0v) is 6.08. The average molecular weight is 155 g/mol. The van der Waals surface area contributed by atoms with E-state index in [2.05, 4.69) is 0 Å². The Morgan fingerprint density at radius 1 is 1.55 bits per heavy atom. The summed E-state index contributed by atoms with van der Waals surface area (Å²) in [7, 11) is 0. The highest BCUT2D eigenvalue weighted by molar-refractivity contribution is 5.89. The maximum Gasteiger partial charge on any atom is 0.279 e. The van der Waals surface area contributed by atoms with Crippen LogP contribution in [-0.2, 0) is 4.79 Å². The van der Waals surface area contributed by atoms with Crippen LogP contribution in [0.25, 0.3) is 0 Å². The lowest BCUT2D eigenvalue weighted by atomic mass is 9.59. The molecular formula is C7H9NO3. The van der Waals surface area contributed by atoms with Gasteiger partial charge in [-0.25, -0.2) is 0 Å². The fourth-order valence-corrected chi connectivity index (χ4v) is 2.15. The molecule has 0 amide bonds. The van der Waals surface area contributed by atoms with Crippen LogP contribution in [0, 0.1) is 16.0 Å². The van der Waals surface area contributed by atoms with Gasteiger partial charge in [0.2, 0.25) is 5.78 Å². The van der Waals surface area contributed by atoms with Crippen LogP contribution in [-0.4, -0.2) is 16.2 Å². The van der Waals surface area contributed by atoms with Gasteiger partial charge in [-0.05, 0) is 12.3 Å². The van der Waals surface area contributed by atoms with Gasteiger partial charge in [0.15, 0.2) is 0 Å². The molecular weight excluding hydrogens is 146 g/mol. The van der Waals surface area contributed by atoms with Gasteiger partial charge in [0, 0.05) is 24.2 Å². The summed E-state index contributed by atoms with van der Waals surface area (Å²) in [6, 6.07) is 0. The van der Waals surface area contributed by atoms with Gasteiger partial charge in [-0.15, -0.1) is 0 Å². The van der Waals surface area contributed by atoms with Crippen LogP contribution in [0.1, 0.15) is 25.7 Å². The van der Waals surface area contributed by atoms with E-state index in [1.165, 1.54) is 0 Å². The molecule has 0 spiro atoms. The number of nitrogens with zero attached hydrogens (tertiary/aromatic N) is 1. The fraction of sp³-hybridized carbons (Fsp3) is 0.857. The Kier molecular flexibility index (Phi) is 1.11. The quantitative estimate of drug-likeness (QED) is 0.415. The van der Waals surface area contributed by atoms with Crippen molar-refractivity contribution >= 4 is 5.78 Å². The summed E-state index contributed by atoms with van der Waals surface area (Å²) in [5, 5.41) is 10.5. The summed E-state index contributed by atoms with van der Waals surface area (Å²) < 4.78 is 0. The maximum absolute atomic E-state index is 11.2. The molecule has 3 rings (SSSR count). The summed E-state index contributed by atoms with van der Waals surface area (Å²) in [6.45, 7) is 0. The molecule has 3 aliphatic rings. The first kappa shape index (κ1) is 6.76. The normalized spacial score (nSPS) is 41.5. The molecule has 60 valence electrons. The lowest BCUT2D eigenvalue weighted by Gasteiger charge is -2.43. The van der Waals surface area contributed by atoms with Crippen LogP contribution >= 0.6 is 0 Å². The highest BCUT2D eigenvalue weighted by atomic mass is 16.6. The Labute approximate surface area is 63.7 Å². The van der Waals surface area contributed by atoms with E-state index in [1.54, 1.807) is 0 Å². The lowest BCUT2D eigenvalue weighted by Crippen LogP contribution is -2.59. The highest BCUT2D eigenvalue weighted by Gasteiger charge is 2.63. The van der Waals surface area contributed by atoms with Crippen molar-refractivity contribution in [3.8, 4) is 0 Å². The molecule has 0 heterocycles. The van der Waals surface area contributed by atoms with Gasteiger partial charge in [0.05, 0.1) is 0 Å². The number of nitro groups is 1. The summed E-state index contributed by atoms with van der Waals surface area (Å²) in [6.07, 6.45) is 2.29. The average Bonchev–Trinajstić information content (AvgIpc) is 1.84. The lowest BCUT2D eigenvalue weighted by molar-refractivity contribution is -0.575. The first-order chi connectivity index (χ1) is 5.15. The van der Waals surface area contributed by atoms with Crippen LogP contribution in [0.3, 0.4) is 0 Å². The predicted molar refractivity (Wildman–Crippen MR) is 36.7 cm³/mol. The third-order valence-corrected chi connectivity index (χ3v) is 2.90. The van der Waals surface area contributed by atoms with Crippen LogP contribution < -0.4 is 0 Å². The number of rotatable bonds is 1. The molecule has 4 nitrogen and oxygen atoms in total. The van der Waals surface area contributed by atoms with Crippen molar-refractivity contribution in [2.75, 3.05) is 0 Å². The predicted octanol–water partition coefficient (Wildman–Crippen LogP) is 0.775. The van der Waals surface area contributed by atoms with E-state index in [0.717, 1.165) is 6.42 Å². The second kappa shape index (κ2) is 1.81. The van der Waals surface area contributed by atoms with E-state index in [9.17, 15) is 14.9 Å². The molecule has 3 saturated carbocycles. The molecule has 0 aliphatic heterocycles. The van der Waals surface area contributed by atoms with Gasteiger partial charge in [-0.3, -0.25) is 14.9 Å². The molecule has 0 unspecified atom stereocenters. The van der Waals surface area contributed by atoms with E-state index in [1.807, 2.05) is 0 Å². The minimum absolute atomic E-state index is 0.148. The summed E-state index contributed by atoms with van der Waals surface area (Å²) in [4.78, 5) is 21.3. The molecule has 11 heavy (non-hydrogen) atoms. The van der Waals surface area contributed by atoms with Crippen LogP contribution in [0.4, 0.5) is 0 Å². The second-order valence-electron chi connectivity index (χ2n) is 3.52. The molecule has 0 radical (unpaired) electrons. The molecule has 3 fully saturated rings. The minimum Gasteiger partial charge on any atom is -0.292 e. The highest BCUT2D eigenvalue weighted by Crippen LogP contribution is 2.48. The standard InChI is InChI=1S/C7H9NO3/c9-6-2-1-5-3-7(6,4-5)8(10)11/h5H,1-4H2. The van der Waals surface area contributed by atoms with Gasteiger partial charge >= 0.3 is 0 Å². The Bertz CT molecular complexity index is 230. The molecule has 0 atom stereocenters. The summed E-state index contributed by atoms with van der Waals surface area (Å²) in [5.41, 5.74) is -1.14. The molecule has 0 N–H and O–H groups in total. The molecule has 0 saturated heterocycles. The minimum atomic E-state index is -1.14. The van der Waals surface area contributed by atoms with E-state index < -0.39 is 5.54 Å². The van der Waals surface area contributed by atoms with Crippen LogP contribution in [0.15, 0.2) is 0 Å². The Hall–Kier alpha value is -0.930. The van der Waals surface area contributed by atoms with E-state index in [-0.39, 0.29) is 10.7 Å². The first-order valence-electron chi connectivity index (χ1n) is 3.83. The number of hydrogen-bond acceptors (Lipinski definition) is 3. The number of Topliss-reactive ketones (excluding diaryl/α,β-unsaturated/α-hetero) is 1. The van der Waals surface area contributed by atoms with Gasteiger partial charge in [0.1, 0.15) is 0 Å². The number of fused-ring (bicyclic) bond motifs is 2. The monoisotopic (exact) mass is 155 g/mol. The molecule has 0 aromatic rings. The zero-order chi connectivity index (χ0) is 8.06. The van der Waals surface area contributed by atoms with Gasteiger partial charge in [-0.1, -0.05) is 0 Å². The number of hydrogen-bond donors (Lipinski definition) is 0. The molecule has 3 aliphatic carbocycles. The Balaban J connectivity index is 2.26. The van der Waals surface area contributed by atoms with Crippen molar-refractivity contribution in [1.82, 2.24) is 0 Å². The van der Waals surface area contributed by atoms with Crippen molar-refractivity contribution in [2.24, 2.45) is 5.92 Å². The van der Waals surface area contributed by atoms with E-state index in [4.69, 9.17) is 0 Å². The van der Waals surface area contributed by atoms with Crippen LogP contribution in [0.2, 0.25) is 0 Å². The van der Waals surface area contributed by atoms with Crippen molar-refractivity contribution in [3.05, 3.63) is 10.1 Å². The van der Waals surface area contributed by atoms with Crippen molar-refractivity contribution in [3.63, 3.8) is 0 Å². The van der Waals surface area contributed by atoms with Crippen LogP contribution in [0.5, 0.6) is 0 Å². The second-order valence-corrected chi connectivity index (χ2v) is 3.52. The third kappa shape index (κ3) is 0.667. The number of carbonyl (C=O) groups excluding carboxylic acids is 1. The molecule has 4 heteroatoms. The summed E-state index contributed by atoms with van der Waals surface area (Å²) in [5.74, 6) is 0.308. The first-order valence-corrected chi connectivity index (χ1v) is 3.83. The smallest absolute Gasteiger partial charge is 0.279 e. The number of carbonyl (C=O) groups is 1. The van der Waals surface area contributed by atoms with Gasteiger partial charge in [0.25, 0.3) is 5.54 Å². The molecule has 2 bridgehead atoms.